The Morgan fingerprint density at radius 3 is 2.59 bits per heavy atom. The first-order valence-electron chi connectivity index (χ1n) is 11.3. The number of ether oxygens (including phenoxy) is 2. The van der Waals surface area contributed by atoms with Crippen molar-refractivity contribution in [3.8, 4) is 17.3 Å². The molecular formula is C26H31F2N3O3. The second kappa shape index (κ2) is 12.4. The van der Waals surface area contributed by atoms with Crippen LogP contribution in [0.3, 0.4) is 0 Å². The van der Waals surface area contributed by atoms with E-state index >= 15 is 0 Å². The van der Waals surface area contributed by atoms with Crippen molar-refractivity contribution in [3.63, 3.8) is 0 Å². The molecule has 0 bridgehead atoms. The van der Waals surface area contributed by atoms with E-state index in [1.807, 2.05) is 6.92 Å². The van der Waals surface area contributed by atoms with Crippen molar-refractivity contribution in [3.05, 3.63) is 84.1 Å². The topological polar surface area (TPSA) is 59.8 Å². The van der Waals surface area contributed by atoms with Gasteiger partial charge in [-0.2, -0.15) is 5.10 Å². The number of para-hydroxylation sites is 1. The van der Waals surface area contributed by atoms with E-state index in [4.69, 9.17) is 9.47 Å². The van der Waals surface area contributed by atoms with Gasteiger partial charge in [-0.3, -0.25) is 4.90 Å². The lowest BCUT2D eigenvalue weighted by atomic mass is 10.2. The zero-order chi connectivity index (χ0) is 24.5. The number of aliphatic hydroxyl groups excluding tert-OH is 1. The fourth-order valence-electron chi connectivity index (χ4n) is 3.63. The Hall–Kier alpha value is -3.07. The highest BCUT2D eigenvalue weighted by Crippen LogP contribution is 2.33. The number of nitrogens with zero attached hydrogens (tertiary/aromatic N) is 3. The summed E-state index contributed by atoms with van der Waals surface area (Å²) in [5, 5.41) is 15.0. The second-order valence-electron chi connectivity index (χ2n) is 8.00. The largest absolute Gasteiger partial charge is 0.435 e. The van der Waals surface area contributed by atoms with Gasteiger partial charge in [0.05, 0.1) is 36.3 Å². The van der Waals surface area contributed by atoms with E-state index in [0.717, 1.165) is 18.5 Å². The van der Waals surface area contributed by atoms with Gasteiger partial charge in [0.15, 0.2) is 11.6 Å². The molecule has 0 amide bonds. The van der Waals surface area contributed by atoms with Crippen molar-refractivity contribution < 1.29 is 23.4 Å². The number of rotatable bonds is 13. The quantitative estimate of drug-likeness (QED) is 0.280. The molecule has 1 aromatic heterocycles. The van der Waals surface area contributed by atoms with Crippen LogP contribution in [0.1, 0.15) is 24.6 Å². The van der Waals surface area contributed by atoms with Gasteiger partial charge < -0.3 is 14.6 Å². The van der Waals surface area contributed by atoms with Gasteiger partial charge in [0, 0.05) is 13.1 Å². The van der Waals surface area contributed by atoms with E-state index in [2.05, 4.69) is 23.5 Å². The Morgan fingerprint density at radius 2 is 1.91 bits per heavy atom. The van der Waals surface area contributed by atoms with Crippen molar-refractivity contribution in [2.45, 2.75) is 32.9 Å². The summed E-state index contributed by atoms with van der Waals surface area (Å²) in [4.78, 5) is 2.08. The minimum Gasteiger partial charge on any atom is -0.435 e. The van der Waals surface area contributed by atoms with Crippen LogP contribution in [0, 0.1) is 18.6 Å². The fourth-order valence-corrected chi connectivity index (χ4v) is 3.63. The number of aromatic nitrogens is 2. The van der Waals surface area contributed by atoms with E-state index in [-0.39, 0.29) is 18.2 Å². The van der Waals surface area contributed by atoms with Gasteiger partial charge in [0.2, 0.25) is 5.88 Å². The Morgan fingerprint density at radius 1 is 1.18 bits per heavy atom. The zero-order valence-electron chi connectivity index (χ0n) is 19.6. The molecule has 2 aromatic carbocycles. The third kappa shape index (κ3) is 6.72. The third-order valence-corrected chi connectivity index (χ3v) is 5.19. The Bertz CT molecular complexity index is 1070. The molecule has 182 valence electrons. The Balaban J connectivity index is 1.95. The molecule has 0 spiro atoms. The van der Waals surface area contributed by atoms with Crippen molar-refractivity contribution in [2.24, 2.45) is 0 Å². The van der Waals surface area contributed by atoms with Crippen LogP contribution >= 0.6 is 0 Å². The van der Waals surface area contributed by atoms with Gasteiger partial charge in [-0.25, -0.2) is 13.5 Å². The van der Waals surface area contributed by atoms with Crippen LogP contribution in [0.5, 0.6) is 11.6 Å². The van der Waals surface area contributed by atoms with E-state index in [1.165, 1.54) is 18.2 Å². The number of halogens is 2. The minimum atomic E-state index is -0.685. The summed E-state index contributed by atoms with van der Waals surface area (Å²) < 4.78 is 40.9. The smallest absolute Gasteiger partial charge is 0.227 e. The molecule has 6 nitrogen and oxygen atoms in total. The number of hydrogen-bond acceptors (Lipinski definition) is 5. The maximum Gasteiger partial charge on any atom is 0.227 e. The molecule has 0 saturated heterocycles. The monoisotopic (exact) mass is 471 g/mol. The van der Waals surface area contributed by atoms with Crippen LogP contribution < -0.4 is 4.74 Å². The summed E-state index contributed by atoms with van der Waals surface area (Å²) in [6.45, 7) is 9.59. The number of aliphatic hydroxyl groups is 1. The lowest BCUT2D eigenvalue weighted by molar-refractivity contribution is 0.0244. The second-order valence-corrected chi connectivity index (χ2v) is 8.00. The van der Waals surface area contributed by atoms with Crippen LogP contribution in [-0.4, -0.2) is 52.2 Å². The Labute approximate surface area is 199 Å². The molecule has 0 unspecified atom stereocenters. The number of benzene rings is 2. The molecule has 3 aromatic rings. The predicted octanol–water partition coefficient (Wildman–Crippen LogP) is 5.03. The molecule has 8 heteroatoms. The first-order chi connectivity index (χ1) is 16.4. The van der Waals surface area contributed by atoms with Gasteiger partial charge in [-0.05, 0) is 56.3 Å². The predicted molar refractivity (Wildman–Crippen MR) is 127 cm³/mol. The van der Waals surface area contributed by atoms with Crippen molar-refractivity contribution in [1.82, 2.24) is 14.7 Å². The van der Waals surface area contributed by atoms with Crippen LogP contribution in [-0.2, 0) is 11.3 Å². The van der Waals surface area contributed by atoms with Crippen molar-refractivity contribution >= 4 is 0 Å². The molecule has 0 fully saturated rings. The van der Waals surface area contributed by atoms with Crippen LogP contribution in [0.25, 0.3) is 5.69 Å². The summed E-state index contributed by atoms with van der Waals surface area (Å²) in [5.41, 5.74) is 2.02. The van der Waals surface area contributed by atoms with Gasteiger partial charge in [-0.1, -0.05) is 25.1 Å². The SMILES string of the molecule is C=CCOC[C@@H](O)CN(CCC)Cc1c(C)nn(-c2ccc(F)cc2)c1Oc1ccccc1F. The third-order valence-electron chi connectivity index (χ3n) is 5.19. The first kappa shape index (κ1) is 25.6. The number of hydrogen-bond donors (Lipinski definition) is 1. The summed E-state index contributed by atoms with van der Waals surface area (Å²) in [7, 11) is 0. The molecule has 1 N–H and O–H groups in total. The molecule has 0 aliphatic rings. The highest BCUT2D eigenvalue weighted by atomic mass is 19.1. The lowest BCUT2D eigenvalue weighted by Gasteiger charge is -2.25. The molecule has 0 aliphatic heterocycles. The standard InChI is InChI=1S/C26H31F2N3O3/c1-4-14-30(16-22(32)18-33-15-5-2)17-23-19(3)29-31(21-12-10-20(27)11-13-21)26(23)34-25-9-7-6-8-24(25)28/h5-13,22,32H,2,4,14-18H2,1,3H3/t22-/m0/s1. The summed E-state index contributed by atoms with van der Waals surface area (Å²) in [6.07, 6.45) is 1.82. The van der Waals surface area contributed by atoms with Gasteiger partial charge in [0.1, 0.15) is 5.82 Å². The molecule has 1 atom stereocenters. The average Bonchev–Trinajstić information content (AvgIpc) is 3.11. The van der Waals surface area contributed by atoms with E-state index in [9.17, 15) is 13.9 Å². The van der Waals surface area contributed by atoms with Crippen LogP contribution in [0.4, 0.5) is 8.78 Å². The van der Waals surface area contributed by atoms with Crippen LogP contribution in [0.15, 0.2) is 61.2 Å². The highest BCUT2D eigenvalue weighted by molar-refractivity contribution is 5.43. The molecule has 0 radical (unpaired) electrons. The van der Waals surface area contributed by atoms with E-state index < -0.39 is 11.9 Å². The summed E-state index contributed by atoms with van der Waals surface area (Å²) in [6, 6.07) is 12.0. The summed E-state index contributed by atoms with van der Waals surface area (Å²) >= 11 is 0. The van der Waals surface area contributed by atoms with Gasteiger partial charge >= 0.3 is 0 Å². The zero-order valence-corrected chi connectivity index (χ0v) is 19.6. The normalized spacial score (nSPS) is 12.2. The molecular weight excluding hydrogens is 440 g/mol. The average molecular weight is 472 g/mol. The molecule has 0 aliphatic carbocycles. The van der Waals surface area contributed by atoms with Crippen molar-refractivity contribution in [2.75, 3.05) is 26.3 Å². The first-order valence-corrected chi connectivity index (χ1v) is 11.3. The maximum atomic E-state index is 14.4. The van der Waals surface area contributed by atoms with E-state index in [1.54, 1.807) is 41.1 Å². The maximum absolute atomic E-state index is 14.4. The minimum absolute atomic E-state index is 0.0620. The fraction of sp³-hybridized carbons (Fsp3) is 0.346. The number of aryl methyl sites for hydroxylation is 1. The summed E-state index contributed by atoms with van der Waals surface area (Å²) in [5.74, 6) is -0.469. The van der Waals surface area contributed by atoms with Gasteiger partial charge in [-0.15, -0.1) is 6.58 Å². The van der Waals surface area contributed by atoms with E-state index in [0.29, 0.717) is 37.0 Å². The Kier molecular flexibility index (Phi) is 9.33. The highest BCUT2D eigenvalue weighted by Gasteiger charge is 2.23. The molecule has 34 heavy (non-hydrogen) atoms. The lowest BCUT2D eigenvalue weighted by Crippen LogP contribution is -2.35. The molecule has 3 rings (SSSR count). The van der Waals surface area contributed by atoms with Crippen molar-refractivity contribution in [1.29, 1.82) is 0 Å². The molecule has 0 saturated carbocycles. The van der Waals surface area contributed by atoms with Crippen LogP contribution in [0.2, 0.25) is 0 Å². The molecule has 1 heterocycles. The van der Waals surface area contributed by atoms with Gasteiger partial charge in [0.25, 0.3) is 0 Å².